The van der Waals surface area contributed by atoms with Crippen LogP contribution in [0, 0.1) is 0 Å². The van der Waals surface area contributed by atoms with Crippen LogP contribution in [0.5, 0.6) is 5.75 Å². The molecule has 0 aliphatic rings. The van der Waals surface area contributed by atoms with Crippen LogP contribution in [-0.2, 0) is 11.3 Å². The Balaban J connectivity index is 2.68. The number of benzene rings is 1. The quantitative estimate of drug-likeness (QED) is 0.907. The van der Waals surface area contributed by atoms with Gasteiger partial charge in [0.2, 0.25) is 5.91 Å². The molecule has 0 radical (unpaired) electrons. The molecule has 1 amide bonds. The molecule has 0 bridgehead atoms. The van der Waals surface area contributed by atoms with Crippen LogP contribution < -0.4 is 10.1 Å². The average molecular weight is 318 g/mol. The minimum Gasteiger partial charge on any atom is -0.496 e. The molecule has 0 saturated heterocycles. The molecule has 1 N–H and O–H groups in total. The molecule has 1 unspecified atom stereocenters. The third-order valence-electron chi connectivity index (χ3n) is 2.42. The molecule has 1 atom stereocenters. The van der Waals surface area contributed by atoms with E-state index >= 15 is 0 Å². The van der Waals surface area contributed by atoms with Crippen molar-refractivity contribution in [3.05, 3.63) is 28.2 Å². The van der Waals surface area contributed by atoms with Gasteiger partial charge < -0.3 is 10.1 Å². The van der Waals surface area contributed by atoms with E-state index in [2.05, 4.69) is 21.2 Å². The minimum absolute atomic E-state index is 0.0341. The SMILES string of the molecule is COc1ccc(Br)cc1CNC(=O)C(C)SC. The smallest absolute Gasteiger partial charge is 0.233 e. The number of halogens is 1. The molecular weight excluding hydrogens is 302 g/mol. The molecular formula is C12H16BrNO2S. The first kappa shape index (κ1) is 14.4. The van der Waals surface area contributed by atoms with E-state index in [1.165, 1.54) is 11.8 Å². The number of carbonyl (C=O) groups is 1. The topological polar surface area (TPSA) is 38.3 Å². The highest BCUT2D eigenvalue weighted by Crippen LogP contribution is 2.22. The Labute approximate surface area is 114 Å². The third-order valence-corrected chi connectivity index (χ3v) is 3.83. The van der Waals surface area contributed by atoms with Gasteiger partial charge in [0.25, 0.3) is 0 Å². The van der Waals surface area contributed by atoms with E-state index < -0.39 is 0 Å². The Morgan fingerprint density at radius 1 is 1.59 bits per heavy atom. The number of amides is 1. The monoisotopic (exact) mass is 317 g/mol. The van der Waals surface area contributed by atoms with Gasteiger partial charge in [-0.2, -0.15) is 11.8 Å². The summed E-state index contributed by atoms with van der Waals surface area (Å²) in [5.74, 6) is 0.824. The molecule has 1 aromatic carbocycles. The molecule has 0 spiro atoms. The molecule has 94 valence electrons. The summed E-state index contributed by atoms with van der Waals surface area (Å²) in [7, 11) is 1.62. The maximum atomic E-state index is 11.6. The highest BCUT2D eigenvalue weighted by atomic mass is 79.9. The zero-order valence-corrected chi connectivity index (χ0v) is 12.5. The number of ether oxygens (including phenoxy) is 1. The second-order valence-electron chi connectivity index (χ2n) is 3.55. The largest absolute Gasteiger partial charge is 0.496 e. The lowest BCUT2D eigenvalue weighted by molar-refractivity contribution is -0.120. The first-order chi connectivity index (χ1) is 8.08. The van der Waals surface area contributed by atoms with Gasteiger partial charge in [-0.1, -0.05) is 15.9 Å². The molecule has 0 heterocycles. The van der Waals surface area contributed by atoms with Gasteiger partial charge in [-0.25, -0.2) is 0 Å². The molecule has 0 aromatic heterocycles. The zero-order valence-electron chi connectivity index (χ0n) is 10.1. The van der Waals surface area contributed by atoms with E-state index in [0.29, 0.717) is 6.54 Å². The van der Waals surface area contributed by atoms with Crippen molar-refractivity contribution < 1.29 is 9.53 Å². The molecule has 5 heteroatoms. The highest BCUT2D eigenvalue weighted by molar-refractivity contribution is 9.10. The van der Waals surface area contributed by atoms with Crippen molar-refractivity contribution in [2.45, 2.75) is 18.7 Å². The van der Waals surface area contributed by atoms with Gasteiger partial charge in [-0.15, -0.1) is 0 Å². The van der Waals surface area contributed by atoms with E-state index in [9.17, 15) is 4.79 Å². The van der Waals surface area contributed by atoms with Gasteiger partial charge in [0, 0.05) is 16.6 Å². The molecule has 1 rings (SSSR count). The Bertz CT molecular complexity index is 398. The fourth-order valence-corrected chi connectivity index (χ4v) is 2.02. The Hall–Kier alpha value is -0.680. The lowest BCUT2D eigenvalue weighted by atomic mass is 10.2. The van der Waals surface area contributed by atoms with Crippen LogP contribution in [0.1, 0.15) is 12.5 Å². The minimum atomic E-state index is -0.0341. The lowest BCUT2D eigenvalue weighted by Crippen LogP contribution is -2.30. The predicted octanol–water partition coefficient (Wildman–Crippen LogP) is 2.83. The average Bonchev–Trinajstić information content (AvgIpc) is 2.35. The van der Waals surface area contributed by atoms with E-state index in [-0.39, 0.29) is 11.2 Å². The van der Waals surface area contributed by atoms with Crippen LogP contribution in [0.2, 0.25) is 0 Å². The molecule has 17 heavy (non-hydrogen) atoms. The molecule has 3 nitrogen and oxygen atoms in total. The second kappa shape index (κ2) is 6.91. The van der Waals surface area contributed by atoms with E-state index in [4.69, 9.17) is 4.74 Å². The van der Waals surface area contributed by atoms with Gasteiger partial charge in [-0.3, -0.25) is 4.79 Å². The molecule has 0 aliphatic carbocycles. The van der Waals surface area contributed by atoms with E-state index in [0.717, 1.165) is 15.8 Å². The van der Waals surface area contributed by atoms with Crippen molar-refractivity contribution in [3.63, 3.8) is 0 Å². The van der Waals surface area contributed by atoms with Crippen molar-refractivity contribution in [2.75, 3.05) is 13.4 Å². The number of methoxy groups -OCH3 is 1. The molecule has 0 fully saturated rings. The zero-order chi connectivity index (χ0) is 12.8. The summed E-state index contributed by atoms with van der Waals surface area (Å²) >= 11 is 4.93. The lowest BCUT2D eigenvalue weighted by Gasteiger charge is -2.12. The maximum Gasteiger partial charge on any atom is 0.233 e. The first-order valence-corrected chi connectivity index (χ1v) is 7.29. The summed E-state index contributed by atoms with van der Waals surface area (Å²) in [5, 5.41) is 2.86. The Kier molecular flexibility index (Phi) is 5.85. The van der Waals surface area contributed by atoms with Gasteiger partial charge in [-0.05, 0) is 31.4 Å². The summed E-state index contributed by atoms with van der Waals surface area (Å²) in [4.78, 5) is 11.6. The molecule has 0 aliphatic heterocycles. The van der Waals surface area contributed by atoms with E-state index in [1.54, 1.807) is 7.11 Å². The Morgan fingerprint density at radius 3 is 2.88 bits per heavy atom. The third kappa shape index (κ3) is 4.24. The first-order valence-electron chi connectivity index (χ1n) is 5.21. The van der Waals surface area contributed by atoms with E-state index in [1.807, 2.05) is 31.4 Å². The van der Waals surface area contributed by atoms with Crippen molar-refractivity contribution in [1.82, 2.24) is 5.32 Å². The standard InChI is InChI=1S/C12H16BrNO2S/c1-8(17-3)12(15)14-7-9-6-10(13)4-5-11(9)16-2/h4-6,8H,7H2,1-3H3,(H,14,15). The van der Waals surface area contributed by atoms with Gasteiger partial charge in [0.15, 0.2) is 0 Å². The number of nitrogens with one attached hydrogen (secondary N) is 1. The molecule has 0 saturated carbocycles. The van der Waals surface area contributed by atoms with Crippen LogP contribution in [0.15, 0.2) is 22.7 Å². The number of hydrogen-bond donors (Lipinski definition) is 1. The summed E-state index contributed by atoms with van der Waals surface area (Å²) < 4.78 is 6.21. The fourth-order valence-electron chi connectivity index (χ4n) is 1.32. The molecule has 1 aromatic rings. The van der Waals surface area contributed by atoms with Crippen LogP contribution in [-0.4, -0.2) is 24.5 Å². The van der Waals surface area contributed by atoms with Crippen molar-refractivity contribution in [3.8, 4) is 5.75 Å². The van der Waals surface area contributed by atoms with Crippen molar-refractivity contribution in [1.29, 1.82) is 0 Å². The van der Waals surface area contributed by atoms with Gasteiger partial charge >= 0.3 is 0 Å². The van der Waals surface area contributed by atoms with Crippen molar-refractivity contribution in [2.24, 2.45) is 0 Å². The summed E-state index contributed by atoms with van der Waals surface area (Å²) in [6.07, 6.45) is 1.92. The second-order valence-corrected chi connectivity index (χ2v) is 5.65. The van der Waals surface area contributed by atoms with Crippen LogP contribution in [0.4, 0.5) is 0 Å². The number of hydrogen-bond acceptors (Lipinski definition) is 3. The summed E-state index contributed by atoms with van der Waals surface area (Å²) in [6, 6.07) is 5.74. The summed E-state index contributed by atoms with van der Waals surface area (Å²) in [6.45, 7) is 2.37. The maximum absolute atomic E-state index is 11.6. The van der Waals surface area contributed by atoms with Crippen molar-refractivity contribution >= 4 is 33.6 Å². The predicted molar refractivity (Wildman–Crippen MR) is 75.5 cm³/mol. The van der Waals surface area contributed by atoms with Crippen LogP contribution >= 0.6 is 27.7 Å². The Morgan fingerprint density at radius 2 is 2.29 bits per heavy atom. The van der Waals surface area contributed by atoms with Gasteiger partial charge in [0.05, 0.1) is 12.4 Å². The summed E-state index contributed by atoms with van der Waals surface area (Å²) in [5.41, 5.74) is 0.962. The normalized spacial score (nSPS) is 12.0. The fraction of sp³-hybridized carbons (Fsp3) is 0.417. The van der Waals surface area contributed by atoms with Crippen LogP contribution in [0.3, 0.4) is 0 Å². The number of carbonyl (C=O) groups excluding carboxylic acids is 1. The highest BCUT2D eigenvalue weighted by Gasteiger charge is 2.11. The number of thioether (sulfide) groups is 1. The van der Waals surface area contributed by atoms with Gasteiger partial charge in [0.1, 0.15) is 5.75 Å². The number of rotatable bonds is 5. The van der Waals surface area contributed by atoms with Crippen LogP contribution in [0.25, 0.3) is 0 Å².